The van der Waals surface area contributed by atoms with E-state index in [9.17, 15) is 23.2 Å². The third kappa shape index (κ3) is 3.49. The van der Waals surface area contributed by atoms with Crippen LogP contribution < -0.4 is 10.9 Å². The van der Waals surface area contributed by atoms with Gasteiger partial charge in [0.1, 0.15) is 5.69 Å². The van der Waals surface area contributed by atoms with E-state index in [1.54, 1.807) is 4.90 Å². The summed E-state index contributed by atoms with van der Waals surface area (Å²) in [6, 6.07) is 3.99. The molecule has 2 amide bonds. The van der Waals surface area contributed by atoms with Crippen LogP contribution in [0.5, 0.6) is 0 Å². The van der Waals surface area contributed by atoms with Gasteiger partial charge in [-0.15, -0.1) is 0 Å². The fraction of sp³-hybridized carbons (Fsp3) is 0.278. The van der Waals surface area contributed by atoms with Gasteiger partial charge in [0.2, 0.25) is 0 Å². The van der Waals surface area contributed by atoms with Crippen molar-refractivity contribution >= 4 is 17.5 Å². The zero-order chi connectivity index (χ0) is 18.8. The second kappa shape index (κ2) is 7.07. The van der Waals surface area contributed by atoms with Crippen molar-refractivity contribution in [2.24, 2.45) is 7.05 Å². The minimum atomic E-state index is -1.16. The molecule has 1 aliphatic heterocycles. The molecule has 1 aromatic carbocycles. The van der Waals surface area contributed by atoms with Crippen molar-refractivity contribution in [2.75, 3.05) is 18.4 Å². The van der Waals surface area contributed by atoms with Crippen LogP contribution in [0.1, 0.15) is 33.6 Å². The summed E-state index contributed by atoms with van der Waals surface area (Å²) < 4.78 is 27.5. The number of aryl methyl sites for hydroxylation is 1. The summed E-state index contributed by atoms with van der Waals surface area (Å²) in [7, 11) is 1.47. The van der Waals surface area contributed by atoms with Gasteiger partial charge in [-0.1, -0.05) is 0 Å². The molecule has 3 rings (SSSR count). The van der Waals surface area contributed by atoms with E-state index in [1.807, 2.05) is 0 Å². The molecule has 0 unspecified atom stereocenters. The minimum absolute atomic E-state index is 0.104. The molecule has 1 N–H and O–H groups in total. The number of rotatable bonds is 3. The topological polar surface area (TPSA) is 71.4 Å². The van der Waals surface area contributed by atoms with E-state index in [4.69, 9.17) is 0 Å². The molecule has 136 valence electrons. The Morgan fingerprint density at radius 1 is 1.04 bits per heavy atom. The fourth-order valence-corrected chi connectivity index (χ4v) is 2.85. The quantitative estimate of drug-likeness (QED) is 0.911. The van der Waals surface area contributed by atoms with Crippen molar-refractivity contribution in [3.63, 3.8) is 0 Å². The highest BCUT2D eigenvalue weighted by Gasteiger charge is 2.21. The van der Waals surface area contributed by atoms with Gasteiger partial charge in [-0.25, -0.2) is 8.78 Å². The summed E-state index contributed by atoms with van der Waals surface area (Å²) in [6.07, 6.45) is 3.27. The largest absolute Gasteiger partial charge is 0.339 e. The number of hydrogen-bond acceptors (Lipinski definition) is 3. The van der Waals surface area contributed by atoms with E-state index in [0.717, 1.165) is 31.0 Å². The third-order valence-corrected chi connectivity index (χ3v) is 4.25. The number of carbonyl (C=O) groups is 2. The number of benzene rings is 1. The van der Waals surface area contributed by atoms with Crippen LogP contribution in [0.2, 0.25) is 0 Å². The highest BCUT2D eigenvalue weighted by atomic mass is 19.2. The molecule has 1 fully saturated rings. The van der Waals surface area contributed by atoms with Gasteiger partial charge < -0.3 is 14.8 Å². The monoisotopic (exact) mass is 361 g/mol. The molecule has 0 radical (unpaired) electrons. The van der Waals surface area contributed by atoms with Gasteiger partial charge in [-0.2, -0.15) is 0 Å². The molecule has 26 heavy (non-hydrogen) atoms. The summed E-state index contributed by atoms with van der Waals surface area (Å²) >= 11 is 0. The molecule has 1 aromatic heterocycles. The molecule has 0 spiro atoms. The molecule has 0 bridgehead atoms. The molecule has 0 atom stereocenters. The third-order valence-electron chi connectivity index (χ3n) is 4.25. The lowest BCUT2D eigenvalue weighted by Crippen LogP contribution is -2.30. The highest BCUT2D eigenvalue weighted by Crippen LogP contribution is 2.15. The zero-order valence-corrected chi connectivity index (χ0v) is 14.1. The van der Waals surface area contributed by atoms with Crippen LogP contribution in [0.25, 0.3) is 0 Å². The Hall–Kier alpha value is -3.03. The van der Waals surface area contributed by atoms with Crippen molar-refractivity contribution in [1.82, 2.24) is 9.47 Å². The van der Waals surface area contributed by atoms with Crippen molar-refractivity contribution in [3.8, 4) is 0 Å². The number of aromatic nitrogens is 1. The van der Waals surface area contributed by atoms with Crippen LogP contribution in [0.4, 0.5) is 14.5 Å². The molecule has 0 aliphatic carbocycles. The lowest BCUT2D eigenvalue weighted by Gasteiger charge is -2.16. The number of nitrogens with zero attached hydrogens (tertiary/aromatic N) is 2. The molecule has 8 heteroatoms. The maximum atomic E-state index is 13.3. The maximum absolute atomic E-state index is 13.3. The minimum Gasteiger partial charge on any atom is -0.339 e. The summed E-state index contributed by atoms with van der Waals surface area (Å²) in [5.41, 5.74) is -0.483. The van der Waals surface area contributed by atoms with Gasteiger partial charge in [0.15, 0.2) is 11.6 Å². The van der Waals surface area contributed by atoms with E-state index in [0.29, 0.717) is 13.1 Å². The first kappa shape index (κ1) is 17.8. The number of anilines is 1. The van der Waals surface area contributed by atoms with Crippen LogP contribution in [0, 0.1) is 11.6 Å². The van der Waals surface area contributed by atoms with E-state index in [2.05, 4.69) is 5.32 Å². The molecule has 2 aromatic rings. The first-order chi connectivity index (χ1) is 12.4. The van der Waals surface area contributed by atoms with Crippen LogP contribution in [-0.2, 0) is 7.05 Å². The Morgan fingerprint density at radius 2 is 1.73 bits per heavy atom. The predicted octanol–water partition coefficient (Wildman–Crippen LogP) is 2.15. The Balaban J connectivity index is 1.89. The Bertz CT molecular complexity index is 934. The van der Waals surface area contributed by atoms with Crippen LogP contribution in [-0.4, -0.2) is 34.4 Å². The van der Waals surface area contributed by atoms with Gasteiger partial charge in [0.05, 0.1) is 5.56 Å². The number of nitrogens with one attached hydrogen (secondary N) is 1. The summed E-state index contributed by atoms with van der Waals surface area (Å²) in [5.74, 6) is -3.23. The molecule has 1 saturated heterocycles. The number of pyridine rings is 1. The normalized spacial score (nSPS) is 13.7. The second-order valence-corrected chi connectivity index (χ2v) is 6.14. The number of halogens is 2. The van der Waals surface area contributed by atoms with E-state index >= 15 is 0 Å². The molecule has 1 aliphatic rings. The number of hydrogen-bond donors (Lipinski definition) is 1. The highest BCUT2D eigenvalue weighted by molar-refractivity contribution is 6.05. The standard InChI is InChI=1S/C18H17F2N3O3/c1-22-10-12(17(25)23-6-2-3-7-23)9-15(18(22)26)21-16(24)11-4-5-13(19)14(20)8-11/h4-5,8-10H,2-3,6-7H2,1H3,(H,21,24). The first-order valence-corrected chi connectivity index (χ1v) is 8.13. The van der Waals surface area contributed by atoms with E-state index in [1.165, 1.54) is 23.9 Å². The molecular formula is C18H17F2N3O3. The predicted molar refractivity (Wildman–Crippen MR) is 91.1 cm³/mol. The van der Waals surface area contributed by atoms with Gasteiger partial charge in [0.25, 0.3) is 17.4 Å². The van der Waals surface area contributed by atoms with Crippen molar-refractivity contribution in [2.45, 2.75) is 12.8 Å². The number of amides is 2. The van der Waals surface area contributed by atoms with Crippen LogP contribution >= 0.6 is 0 Å². The van der Waals surface area contributed by atoms with E-state index in [-0.39, 0.29) is 22.7 Å². The van der Waals surface area contributed by atoms with Crippen molar-refractivity contribution in [3.05, 3.63) is 63.6 Å². The molecular weight excluding hydrogens is 344 g/mol. The second-order valence-electron chi connectivity index (χ2n) is 6.14. The van der Waals surface area contributed by atoms with Crippen molar-refractivity contribution in [1.29, 1.82) is 0 Å². The lowest BCUT2D eigenvalue weighted by molar-refractivity contribution is 0.0791. The van der Waals surface area contributed by atoms with Crippen LogP contribution in [0.3, 0.4) is 0 Å². The zero-order valence-electron chi connectivity index (χ0n) is 14.1. The van der Waals surface area contributed by atoms with Crippen molar-refractivity contribution < 1.29 is 18.4 Å². The van der Waals surface area contributed by atoms with Gasteiger partial charge in [-0.05, 0) is 37.1 Å². The maximum Gasteiger partial charge on any atom is 0.274 e. The van der Waals surface area contributed by atoms with E-state index < -0.39 is 23.1 Å². The average molecular weight is 361 g/mol. The smallest absolute Gasteiger partial charge is 0.274 e. The Labute approximate surface area is 148 Å². The Kier molecular flexibility index (Phi) is 4.83. The number of carbonyl (C=O) groups excluding carboxylic acids is 2. The summed E-state index contributed by atoms with van der Waals surface area (Å²) in [5, 5.41) is 2.37. The molecule has 6 nitrogen and oxygen atoms in total. The molecule has 0 saturated carbocycles. The van der Waals surface area contributed by atoms with Gasteiger partial charge >= 0.3 is 0 Å². The number of likely N-dealkylation sites (tertiary alicyclic amines) is 1. The fourth-order valence-electron chi connectivity index (χ4n) is 2.85. The average Bonchev–Trinajstić information content (AvgIpc) is 3.15. The van der Waals surface area contributed by atoms with Crippen LogP contribution in [0.15, 0.2) is 35.3 Å². The summed E-state index contributed by atoms with van der Waals surface area (Å²) in [6.45, 7) is 1.30. The summed E-state index contributed by atoms with van der Waals surface area (Å²) in [4.78, 5) is 38.7. The first-order valence-electron chi connectivity index (χ1n) is 8.13. The van der Waals surface area contributed by atoms with Gasteiger partial charge in [0, 0.05) is 31.9 Å². The SMILES string of the molecule is Cn1cc(C(=O)N2CCCC2)cc(NC(=O)c2ccc(F)c(F)c2)c1=O. The lowest BCUT2D eigenvalue weighted by atomic mass is 10.2. The van der Waals surface area contributed by atoms with Gasteiger partial charge in [-0.3, -0.25) is 14.4 Å². The Morgan fingerprint density at radius 3 is 2.38 bits per heavy atom. The molecule has 2 heterocycles.